The summed E-state index contributed by atoms with van der Waals surface area (Å²) in [5.74, 6) is 4.74. The second-order valence-corrected chi connectivity index (χ2v) is 8.88. The lowest BCUT2D eigenvalue weighted by atomic mass is 9.89. The molecule has 2 fully saturated rings. The number of thiol groups is 1. The fraction of sp³-hybridized carbons (Fsp3) is 0.429. The van der Waals surface area contributed by atoms with Gasteiger partial charge in [0.2, 0.25) is 0 Å². The number of hydrogen-bond acceptors (Lipinski definition) is 4. The van der Waals surface area contributed by atoms with E-state index in [4.69, 9.17) is 14.2 Å². The Morgan fingerprint density at radius 1 is 0.750 bits per heavy atom. The zero-order valence-corrected chi connectivity index (χ0v) is 20.0. The maximum absolute atomic E-state index is 6.43. The highest BCUT2D eigenvalue weighted by Gasteiger charge is 2.20. The molecule has 2 aromatic carbocycles. The van der Waals surface area contributed by atoms with Crippen molar-refractivity contribution in [2.75, 3.05) is 19.0 Å². The molecular formula is C28H34O3S. The molecule has 2 aliphatic rings. The molecule has 2 saturated carbocycles. The summed E-state index contributed by atoms with van der Waals surface area (Å²) >= 11 is 4.30. The second kappa shape index (κ2) is 11.5. The van der Waals surface area contributed by atoms with Crippen LogP contribution in [0.1, 0.15) is 69.4 Å². The minimum absolute atomic E-state index is 0.674. The van der Waals surface area contributed by atoms with Gasteiger partial charge < -0.3 is 14.2 Å². The Balaban J connectivity index is 1.48. The maximum Gasteiger partial charge on any atom is 0.133 e. The van der Waals surface area contributed by atoms with E-state index >= 15 is 0 Å². The lowest BCUT2D eigenvalue weighted by molar-refractivity contribution is 0.264. The molecule has 32 heavy (non-hydrogen) atoms. The van der Waals surface area contributed by atoms with Crippen molar-refractivity contribution in [3.8, 4) is 11.5 Å². The molecule has 0 amide bonds. The molecule has 0 heterocycles. The number of benzene rings is 2. The predicted molar refractivity (Wildman–Crippen MR) is 135 cm³/mol. The molecule has 2 aliphatic carbocycles. The van der Waals surface area contributed by atoms with Gasteiger partial charge in [-0.2, -0.15) is 12.6 Å². The lowest BCUT2D eigenvalue weighted by Crippen LogP contribution is -2.07. The quantitative estimate of drug-likeness (QED) is 0.216. The summed E-state index contributed by atoms with van der Waals surface area (Å²) in [7, 11) is 0. The summed E-state index contributed by atoms with van der Waals surface area (Å²) in [6.07, 6.45) is 9.14. The summed E-state index contributed by atoms with van der Waals surface area (Å²) in [4.78, 5) is 0. The summed E-state index contributed by atoms with van der Waals surface area (Å²) in [6.45, 7) is 3.43. The van der Waals surface area contributed by atoms with E-state index in [0.29, 0.717) is 6.61 Å². The van der Waals surface area contributed by atoms with Crippen LogP contribution in [0.2, 0.25) is 0 Å². The van der Waals surface area contributed by atoms with Crippen LogP contribution in [0.3, 0.4) is 0 Å². The Kier molecular flexibility index (Phi) is 8.22. The van der Waals surface area contributed by atoms with E-state index in [0.717, 1.165) is 85.0 Å². The van der Waals surface area contributed by atoms with Gasteiger partial charge in [0.1, 0.15) is 23.0 Å². The molecule has 0 aromatic heterocycles. The average Bonchev–Trinajstić information content (AvgIpc) is 2.74. The van der Waals surface area contributed by atoms with E-state index in [2.05, 4.69) is 49.0 Å². The highest BCUT2D eigenvalue weighted by atomic mass is 32.1. The van der Waals surface area contributed by atoms with Gasteiger partial charge in [0.25, 0.3) is 0 Å². The summed E-state index contributed by atoms with van der Waals surface area (Å²) in [5, 5.41) is 0. The first-order chi connectivity index (χ1) is 15.8. The van der Waals surface area contributed by atoms with Crippen molar-refractivity contribution in [1.29, 1.82) is 0 Å². The van der Waals surface area contributed by atoms with Crippen molar-refractivity contribution < 1.29 is 14.2 Å². The Labute approximate surface area is 197 Å². The molecule has 0 N–H and O–H groups in total. The Morgan fingerprint density at radius 2 is 1.31 bits per heavy atom. The Morgan fingerprint density at radius 3 is 1.84 bits per heavy atom. The molecule has 0 spiro atoms. The van der Waals surface area contributed by atoms with E-state index in [1.165, 1.54) is 24.0 Å². The zero-order valence-electron chi connectivity index (χ0n) is 19.1. The minimum atomic E-state index is 0.674. The molecule has 0 bridgehead atoms. The number of hydrogen-bond donors (Lipinski definition) is 1. The van der Waals surface area contributed by atoms with Gasteiger partial charge in [-0.05, 0) is 124 Å². The molecular weight excluding hydrogens is 416 g/mol. The number of rotatable bonds is 11. The van der Waals surface area contributed by atoms with Gasteiger partial charge in [0.15, 0.2) is 0 Å². The molecule has 170 valence electrons. The van der Waals surface area contributed by atoms with Crippen molar-refractivity contribution in [3.63, 3.8) is 0 Å². The van der Waals surface area contributed by atoms with Crippen LogP contribution in [0.15, 0.2) is 59.7 Å². The maximum atomic E-state index is 6.43. The number of unbranched alkanes of at least 4 members (excludes halogenated alkanes) is 1. The SMILES string of the molecule is CCOc1ccc(C(Oc2ccc(C(OCCCCS)=C3CCC3)cc2)=C2CCC2)cc1. The topological polar surface area (TPSA) is 27.7 Å². The van der Waals surface area contributed by atoms with Gasteiger partial charge in [-0.1, -0.05) is 0 Å². The molecule has 0 saturated heterocycles. The van der Waals surface area contributed by atoms with E-state index in [1.807, 2.05) is 19.1 Å². The normalized spacial score (nSPS) is 14.9. The molecule has 4 rings (SSSR count). The lowest BCUT2D eigenvalue weighted by Gasteiger charge is -2.24. The molecule has 3 nitrogen and oxygen atoms in total. The highest BCUT2D eigenvalue weighted by molar-refractivity contribution is 7.80. The fourth-order valence-electron chi connectivity index (χ4n) is 3.94. The highest BCUT2D eigenvalue weighted by Crippen LogP contribution is 2.37. The van der Waals surface area contributed by atoms with E-state index in [1.54, 1.807) is 0 Å². The van der Waals surface area contributed by atoms with Gasteiger partial charge in [0.05, 0.1) is 13.2 Å². The van der Waals surface area contributed by atoms with Crippen LogP contribution < -0.4 is 9.47 Å². The van der Waals surface area contributed by atoms with Crippen molar-refractivity contribution >= 4 is 24.1 Å². The molecule has 0 aliphatic heterocycles. The van der Waals surface area contributed by atoms with Crippen LogP contribution in [0.4, 0.5) is 0 Å². The van der Waals surface area contributed by atoms with Gasteiger partial charge in [-0.3, -0.25) is 0 Å². The van der Waals surface area contributed by atoms with E-state index < -0.39 is 0 Å². The third kappa shape index (κ3) is 5.72. The van der Waals surface area contributed by atoms with Crippen LogP contribution in [0, 0.1) is 0 Å². The van der Waals surface area contributed by atoms with Crippen molar-refractivity contribution in [3.05, 3.63) is 70.8 Å². The second-order valence-electron chi connectivity index (χ2n) is 8.44. The summed E-state index contributed by atoms with van der Waals surface area (Å²) < 4.78 is 18.2. The van der Waals surface area contributed by atoms with E-state index in [9.17, 15) is 0 Å². The standard InChI is InChI=1S/C28H34O3S/c1-2-29-25-15-11-24(12-16-25)28(22-9-6-10-22)31-26-17-13-23(14-18-26)27(21-7-5-8-21)30-19-3-4-20-32/h11-18,32H,2-10,19-20H2,1H3. The van der Waals surface area contributed by atoms with Crippen LogP contribution in [-0.2, 0) is 4.74 Å². The van der Waals surface area contributed by atoms with Crippen LogP contribution in [-0.4, -0.2) is 19.0 Å². The molecule has 0 atom stereocenters. The van der Waals surface area contributed by atoms with Gasteiger partial charge in [-0.15, -0.1) is 0 Å². The summed E-state index contributed by atoms with van der Waals surface area (Å²) in [5.41, 5.74) is 5.09. The zero-order chi connectivity index (χ0) is 22.2. The van der Waals surface area contributed by atoms with Crippen LogP contribution >= 0.6 is 12.6 Å². The number of ether oxygens (including phenoxy) is 3. The Hall–Kier alpha value is -2.33. The fourth-order valence-corrected chi connectivity index (χ4v) is 4.16. The van der Waals surface area contributed by atoms with E-state index in [-0.39, 0.29) is 0 Å². The van der Waals surface area contributed by atoms with Crippen molar-refractivity contribution in [1.82, 2.24) is 0 Å². The summed E-state index contributed by atoms with van der Waals surface area (Å²) in [6, 6.07) is 16.6. The molecule has 0 unspecified atom stereocenters. The van der Waals surface area contributed by atoms with Gasteiger partial charge in [0, 0.05) is 11.1 Å². The van der Waals surface area contributed by atoms with Gasteiger partial charge >= 0.3 is 0 Å². The third-order valence-electron chi connectivity index (χ3n) is 6.12. The Bertz CT molecular complexity index is 930. The first-order valence-electron chi connectivity index (χ1n) is 12.0. The smallest absolute Gasteiger partial charge is 0.133 e. The predicted octanol–water partition coefficient (Wildman–Crippen LogP) is 7.68. The monoisotopic (exact) mass is 450 g/mol. The van der Waals surface area contributed by atoms with Crippen molar-refractivity contribution in [2.45, 2.75) is 58.3 Å². The molecule has 0 radical (unpaired) electrons. The molecule has 2 aromatic rings. The number of allylic oxidation sites excluding steroid dienone is 2. The van der Waals surface area contributed by atoms with Crippen LogP contribution in [0.25, 0.3) is 11.5 Å². The first-order valence-corrected chi connectivity index (χ1v) is 12.6. The third-order valence-corrected chi connectivity index (χ3v) is 6.44. The first kappa shape index (κ1) is 22.8. The van der Waals surface area contributed by atoms with Crippen molar-refractivity contribution in [2.24, 2.45) is 0 Å². The molecule has 4 heteroatoms. The van der Waals surface area contributed by atoms with Gasteiger partial charge in [-0.25, -0.2) is 0 Å². The average molecular weight is 451 g/mol. The largest absolute Gasteiger partial charge is 0.494 e. The van der Waals surface area contributed by atoms with Crippen LogP contribution in [0.5, 0.6) is 11.5 Å². The minimum Gasteiger partial charge on any atom is -0.494 e.